The Morgan fingerprint density at radius 3 is 2.43 bits per heavy atom. The fourth-order valence-electron chi connectivity index (χ4n) is 3.40. The maximum absolute atomic E-state index is 12.9. The van der Waals surface area contributed by atoms with Gasteiger partial charge in [0, 0.05) is 23.8 Å². The third-order valence-electron chi connectivity index (χ3n) is 5.03. The monoisotopic (exact) mass is 445 g/mol. The summed E-state index contributed by atoms with van der Waals surface area (Å²) < 4.78 is 5.12. The van der Waals surface area contributed by atoms with Crippen LogP contribution in [0.5, 0.6) is 5.75 Å². The average molecular weight is 446 g/mol. The largest absolute Gasteiger partial charge is 0.497 e. The SMILES string of the molecule is CCN1C(=O)C(CC(=O)Nc2ccc(OC)cc2)N(CCc2ccc(Cl)cc2)C1=S. The van der Waals surface area contributed by atoms with E-state index in [1.807, 2.05) is 36.1 Å². The van der Waals surface area contributed by atoms with E-state index in [0.717, 1.165) is 5.56 Å². The number of rotatable bonds is 8. The number of nitrogens with zero attached hydrogens (tertiary/aromatic N) is 2. The number of nitrogens with one attached hydrogen (secondary N) is 1. The molecule has 1 fully saturated rings. The Balaban J connectivity index is 1.68. The zero-order valence-electron chi connectivity index (χ0n) is 16.9. The number of carbonyl (C=O) groups is 2. The van der Waals surface area contributed by atoms with Gasteiger partial charge in [0.1, 0.15) is 11.8 Å². The van der Waals surface area contributed by atoms with Gasteiger partial charge in [0.2, 0.25) is 5.91 Å². The van der Waals surface area contributed by atoms with Crippen molar-refractivity contribution < 1.29 is 14.3 Å². The van der Waals surface area contributed by atoms with Gasteiger partial charge in [-0.25, -0.2) is 0 Å². The lowest BCUT2D eigenvalue weighted by atomic mass is 10.1. The number of benzene rings is 2. The summed E-state index contributed by atoms with van der Waals surface area (Å²) in [6.45, 7) is 2.90. The molecule has 6 nitrogen and oxygen atoms in total. The molecule has 0 aromatic heterocycles. The van der Waals surface area contributed by atoms with Crippen LogP contribution in [0.15, 0.2) is 48.5 Å². The maximum Gasteiger partial charge on any atom is 0.252 e. The summed E-state index contributed by atoms with van der Waals surface area (Å²) in [5.74, 6) is 0.329. The Morgan fingerprint density at radius 2 is 1.83 bits per heavy atom. The number of hydrogen-bond donors (Lipinski definition) is 1. The third kappa shape index (κ3) is 5.09. The summed E-state index contributed by atoms with van der Waals surface area (Å²) in [4.78, 5) is 28.9. The molecule has 1 unspecified atom stereocenters. The third-order valence-corrected chi connectivity index (χ3v) is 5.73. The summed E-state index contributed by atoms with van der Waals surface area (Å²) >= 11 is 11.5. The number of amides is 2. The fraction of sp³-hybridized carbons (Fsp3) is 0.318. The Labute approximate surface area is 186 Å². The van der Waals surface area contributed by atoms with Crippen molar-refractivity contribution in [1.29, 1.82) is 0 Å². The van der Waals surface area contributed by atoms with Crippen LogP contribution in [0.25, 0.3) is 0 Å². The summed E-state index contributed by atoms with van der Waals surface area (Å²) in [5, 5.41) is 3.99. The van der Waals surface area contributed by atoms with Gasteiger partial charge in [-0.15, -0.1) is 0 Å². The second-order valence-electron chi connectivity index (χ2n) is 6.93. The van der Waals surface area contributed by atoms with Gasteiger partial charge >= 0.3 is 0 Å². The molecule has 158 valence electrons. The minimum absolute atomic E-state index is 0.0299. The first kappa shape index (κ1) is 22.1. The molecule has 1 saturated heterocycles. The molecular weight excluding hydrogens is 422 g/mol. The molecule has 1 atom stereocenters. The van der Waals surface area contributed by atoms with Crippen LogP contribution >= 0.6 is 23.8 Å². The molecule has 0 radical (unpaired) electrons. The predicted octanol–water partition coefficient (Wildman–Crippen LogP) is 3.74. The highest BCUT2D eigenvalue weighted by Gasteiger charge is 2.42. The molecule has 2 aromatic carbocycles. The minimum atomic E-state index is -0.608. The van der Waals surface area contributed by atoms with Crippen molar-refractivity contribution in [2.24, 2.45) is 0 Å². The number of ether oxygens (including phenoxy) is 1. The quantitative estimate of drug-likeness (QED) is 0.627. The van der Waals surface area contributed by atoms with Crippen LogP contribution in [0.1, 0.15) is 18.9 Å². The van der Waals surface area contributed by atoms with Crippen molar-refractivity contribution in [2.75, 3.05) is 25.5 Å². The second kappa shape index (κ2) is 9.91. The van der Waals surface area contributed by atoms with Gasteiger partial charge < -0.3 is 15.0 Å². The van der Waals surface area contributed by atoms with E-state index < -0.39 is 6.04 Å². The van der Waals surface area contributed by atoms with Crippen LogP contribution in [-0.2, 0) is 16.0 Å². The number of hydrogen-bond acceptors (Lipinski definition) is 4. The highest BCUT2D eigenvalue weighted by Crippen LogP contribution is 2.23. The van der Waals surface area contributed by atoms with Crippen molar-refractivity contribution in [3.05, 3.63) is 59.1 Å². The molecule has 3 rings (SSSR count). The highest BCUT2D eigenvalue weighted by atomic mass is 35.5. The van der Waals surface area contributed by atoms with Crippen LogP contribution in [-0.4, -0.2) is 53.0 Å². The smallest absolute Gasteiger partial charge is 0.252 e. The van der Waals surface area contributed by atoms with Gasteiger partial charge in [0.25, 0.3) is 5.91 Å². The summed E-state index contributed by atoms with van der Waals surface area (Å²) in [6.07, 6.45) is 0.723. The molecule has 0 saturated carbocycles. The van der Waals surface area contributed by atoms with E-state index in [-0.39, 0.29) is 18.2 Å². The molecule has 1 heterocycles. The number of carbonyl (C=O) groups excluding carboxylic acids is 2. The molecule has 1 N–H and O–H groups in total. The summed E-state index contributed by atoms with van der Waals surface area (Å²) in [6, 6.07) is 14.0. The molecule has 0 bridgehead atoms. The molecule has 1 aliphatic heterocycles. The molecule has 0 aliphatic carbocycles. The van der Waals surface area contributed by atoms with Crippen LogP contribution in [0.3, 0.4) is 0 Å². The number of likely N-dealkylation sites (N-methyl/N-ethyl adjacent to an activating group) is 1. The Bertz CT molecular complexity index is 918. The van der Waals surface area contributed by atoms with E-state index in [9.17, 15) is 9.59 Å². The lowest BCUT2D eigenvalue weighted by molar-refractivity contribution is -0.130. The molecule has 30 heavy (non-hydrogen) atoms. The van der Waals surface area contributed by atoms with Crippen LogP contribution in [0, 0.1) is 0 Å². The second-order valence-corrected chi connectivity index (χ2v) is 7.73. The average Bonchev–Trinajstić information content (AvgIpc) is 2.96. The van der Waals surface area contributed by atoms with E-state index in [1.165, 1.54) is 0 Å². The van der Waals surface area contributed by atoms with Gasteiger partial charge in [-0.2, -0.15) is 0 Å². The Kier molecular flexibility index (Phi) is 7.29. The zero-order valence-corrected chi connectivity index (χ0v) is 18.5. The van der Waals surface area contributed by atoms with Crippen molar-refractivity contribution in [2.45, 2.75) is 25.8 Å². The zero-order chi connectivity index (χ0) is 21.7. The molecule has 1 aliphatic rings. The Hall–Kier alpha value is -2.64. The first-order valence-electron chi connectivity index (χ1n) is 9.73. The number of halogens is 1. The van der Waals surface area contributed by atoms with Crippen LogP contribution < -0.4 is 10.1 Å². The number of anilines is 1. The number of methoxy groups -OCH3 is 1. The molecule has 2 aromatic rings. The Morgan fingerprint density at radius 1 is 1.17 bits per heavy atom. The molecule has 2 amide bonds. The van der Waals surface area contributed by atoms with Gasteiger partial charge in [0.05, 0.1) is 13.5 Å². The summed E-state index contributed by atoms with van der Waals surface area (Å²) in [7, 11) is 1.58. The van der Waals surface area contributed by atoms with Crippen LogP contribution in [0.4, 0.5) is 5.69 Å². The normalized spacial score (nSPS) is 16.2. The molecular formula is C22H24ClN3O3S. The van der Waals surface area contributed by atoms with E-state index in [2.05, 4.69) is 5.32 Å². The number of thiocarbonyl (C=S) groups is 1. The first-order valence-corrected chi connectivity index (χ1v) is 10.5. The highest BCUT2D eigenvalue weighted by molar-refractivity contribution is 7.80. The predicted molar refractivity (Wildman–Crippen MR) is 122 cm³/mol. The topological polar surface area (TPSA) is 61.9 Å². The van der Waals surface area contributed by atoms with Gasteiger partial charge in [-0.05, 0) is 67.5 Å². The first-order chi connectivity index (χ1) is 14.4. The van der Waals surface area contributed by atoms with E-state index >= 15 is 0 Å². The van der Waals surface area contributed by atoms with Crippen molar-refractivity contribution in [1.82, 2.24) is 9.80 Å². The molecule has 8 heteroatoms. The van der Waals surface area contributed by atoms with E-state index in [4.69, 9.17) is 28.6 Å². The van der Waals surface area contributed by atoms with E-state index in [1.54, 1.807) is 36.3 Å². The summed E-state index contributed by atoms with van der Waals surface area (Å²) in [5.41, 5.74) is 1.74. The maximum atomic E-state index is 12.9. The standard InChI is InChI=1S/C22H24ClN3O3S/c1-3-25-21(28)19(14-20(27)24-17-8-10-18(29-2)11-9-17)26(22(25)30)13-12-15-4-6-16(23)7-5-15/h4-11,19H,3,12-14H2,1-2H3,(H,24,27). The van der Waals surface area contributed by atoms with E-state index in [0.29, 0.717) is 41.1 Å². The van der Waals surface area contributed by atoms with Crippen molar-refractivity contribution in [3.8, 4) is 5.75 Å². The molecule has 0 spiro atoms. The van der Waals surface area contributed by atoms with Crippen molar-refractivity contribution >= 4 is 46.4 Å². The fourth-order valence-corrected chi connectivity index (χ4v) is 3.96. The lowest BCUT2D eigenvalue weighted by Crippen LogP contribution is -2.39. The van der Waals surface area contributed by atoms with Gasteiger partial charge in [-0.3, -0.25) is 14.5 Å². The van der Waals surface area contributed by atoms with Crippen molar-refractivity contribution in [3.63, 3.8) is 0 Å². The van der Waals surface area contributed by atoms with Gasteiger partial charge in [0.15, 0.2) is 5.11 Å². The lowest BCUT2D eigenvalue weighted by Gasteiger charge is -2.23. The van der Waals surface area contributed by atoms with Crippen LogP contribution in [0.2, 0.25) is 5.02 Å². The minimum Gasteiger partial charge on any atom is -0.497 e. The van der Waals surface area contributed by atoms with Gasteiger partial charge in [-0.1, -0.05) is 23.7 Å².